The van der Waals surface area contributed by atoms with Crippen LogP contribution in [0.3, 0.4) is 0 Å². The first-order chi connectivity index (χ1) is 31.3. The van der Waals surface area contributed by atoms with Gasteiger partial charge in [0.25, 0.3) is 0 Å². The predicted octanol–water partition coefficient (Wildman–Crippen LogP) is 17.5. The molecule has 0 unspecified atom stereocenters. The van der Waals surface area contributed by atoms with Crippen molar-refractivity contribution in [3.63, 3.8) is 0 Å². The molecule has 0 aromatic heterocycles. The summed E-state index contributed by atoms with van der Waals surface area (Å²) in [5.41, 5.74) is 17.6. The summed E-state index contributed by atoms with van der Waals surface area (Å²) in [6.07, 6.45) is 0. The molecule has 11 aromatic carbocycles. The summed E-state index contributed by atoms with van der Waals surface area (Å²) in [6, 6.07) is 94.6. The van der Waals surface area contributed by atoms with E-state index in [4.69, 9.17) is 0 Å². The smallest absolute Gasteiger partial charge is 0.0540 e. The van der Waals surface area contributed by atoms with Crippen LogP contribution < -0.4 is 4.90 Å². The molecule has 0 radical (unpaired) electrons. The van der Waals surface area contributed by atoms with Crippen molar-refractivity contribution in [3.8, 4) is 66.8 Å². The fraction of sp³-hybridized carbons (Fsp3) is 0. The molecular formula is C62H43N. The van der Waals surface area contributed by atoms with Gasteiger partial charge in [0.05, 0.1) is 5.69 Å². The van der Waals surface area contributed by atoms with E-state index in [-0.39, 0.29) is 0 Å². The van der Waals surface area contributed by atoms with Gasteiger partial charge in [-0.1, -0.05) is 224 Å². The molecule has 0 bridgehead atoms. The molecule has 0 fully saturated rings. The summed E-state index contributed by atoms with van der Waals surface area (Å²) < 4.78 is 0. The topological polar surface area (TPSA) is 3.24 Å². The van der Waals surface area contributed by atoms with E-state index >= 15 is 0 Å². The number of benzene rings is 11. The zero-order chi connectivity index (χ0) is 42.0. The maximum Gasteiger partial charge on any atom is 0.0540 e. The van der Waals surface area contributed by atoms with Gasteiger partial charge in [-0.2, -0.15) is 0 Å². The van der Waals surface area contributed by atoms with Crippen molar-refractivity contribution in [3.05, 3.63) is 261 Å². The highest BCUT2D eigenvalue weighted by Crippen LogP contribution is 2.46. The summed E-state index contributed by atoms with van der Waals surface area (Å²) in [7, 11) is 0. The Morgan fingerprint density at radius 3 is 1.21 bits per heavy atom. The van der Waals surface area contributed by atoms with Crippen molar-refractivity contribution in [1.82, 2.24) is 0 Å². The first kappa shape index (κ1) is 37.7. The van der Waals surface area contributed by atoms with Gasteiger partial charge in [-0.3, -0.25) is 0 Å². The number of rotatable bonds is 9. The van der Waals surface area contributed by atoms with E-state index in [2.05, 4.69) is 266 Å². The monoisotopic (exact) mass is 801 g/mol. The number of para-hydroxylation sites is 1. The van der Waals surface area contributed by atoms with Crippen LogP contribution in [0.25, 0.3) is 88.3 Å². The minimum absolute atomic E-state index is 1.08. The molecule has 0 atom stereocenters. The standard InChI is InChI=1S/C62H43N/c1-4-18-44(19-5-1)46-34-36-48(37-35-46)55-28-14-15-33-60(55)63(53-40-38-47(39-41-53)45-20-6-2-7-21-45)54-27-17-25-51(43-54)50-24-16-26-52(42-50)62-59-32-13-11-30-57(59)56-29-10-12-31-58(56)61(62)49-22-8-3-9-23-49/h1-43H. The van der Waals surface area contributed by atoms with Crippen molar-refractivity contribution < 1.29 is 0 Å². The number of anilines is 3. The normalized spacial score (nSPS) is 11.2. The van der Waals surface area contributed by atoms with Crippen molar-refractivity contribution in [1.29, 1.82) is 0 Å². The number of hydrogen-bond acceptors (Lipinski definition) is 1. The van der Waals surface area contributed by atoms with Gasteiger partial charge < -0.3 is 4.90 Å². The molecule has 0 amide bonds. The van der Waals surface area contributed by atoms with Crippen LogP contribution in [0.4, 0.5) is 17.1 Å². The number of fused-ring (bicyclic) bond motifs is 3. The Kier molecular flexibility index (Phi) is 9.97. The molecule has 1 heteroatoms. The van der Waals surface area contributed by atoms with Crippen LogP contribution in [0.15, 0.2) is 261 Å². The third kappa shape index (κ3) is 7.26. The Labute approximate surface area is 369 Å². The molecule has 63 heavy (non-hydrogen) atoms. The molecule has 0 N–H and O–H groups in total. The third-order valence-corrected chi connectivity index (χ3v) is 12.3. The molecule has 0 aliphatic rings. The zero-order valence-electron chi connectivity index (χ0n) is 34.8. The summed E-state index contributed by atoms with van der Waals surface area (Å²) in [5.74, 6) is 0. The maximum atomic E-state index is 2.41. The van der Waals surface area contributed by atoms with Crippen molar-refractivity contribution in [2.24, 2.45) is 0 Å². The van der Waals surface area contributed by atoms with Crippen molar-refractivity contribution in [2.75, 3.05) is 4.90 Å². The predicted molar refractivity (Wildman–Crippen MR) is 269 cm³/mol. The Hall–Kier alpha value is -8.26. The Balaban J connectivity index is 1.06. The minimum Gasteiger partial charge on any atom is -0.310 e. The van der Waals surface area contributed by atoms with Gasteiger partial charge in [-0.25, -0.2) is 0 Å². The molecule has 0 saturated heterocycles. The lowest BCUT2D eigenvalue weighted by Crippen LogP contribution is -2.11. The van der Waals surface area contributed by atoms with E-state index in [0.29, 0.717) is 0 Å². The van der Waals surface area contributed by atoms with Gasteiger partial charge in [0.15, 0.2) is 0 Å². The van der Waals surface area contributed by atoms with Crippen LogP contribution >= 0.6 is 0 Å². The molecule has 0 aliphatic heterocycles. The van der Waals surface area contributed by atoms with Crippen molar-refractivity contribution >= 4 is 38.6 Å². The Bertz CT molecular complexity index is 3350. The fourth-order valence-corrected chi connectivity index (χ4v) is 9.27. The van der Waals surface area contributed by atoms with Crippen LogP contribution in [0.5, 0.6) is 0 Å². The molecule has 1 nitrogen and oxygen atoms in total. The van der Waals surface area contributed by atoms with E-state index in [1.165, 1.54) is 66.1 Å². The van der Waals surface area contributed by atoms with E-state index < -0.39 is 0 Å². The van der Waals surface area contributed by atoms with Crippen LogP contribution in [0.1, 0.15) is 0 Å². The summed E-state index contributed by atoms with van der Waals surface area (Å²) in [5, 5.41) is 5.04. The summed E-state index contributed by atoms with van der Waals surface area (Å²) in [6.45, 7) is 0. The molecule has 0 spiro atoms. The van der Waals surface area contributed by atoms with E-state index in [1.807, 2.05) is 0 Å². The SMILES string of the molecule is c1ccc(-c2ccc(-c3ccccc3N(c3ccc(-c4ccccc4)cc3)c3cccc(-c4cccc(-c5c(-c6ccccc6)c6ccccc6c6ccccc56)c4)c3)cc2)cc1. The molecule has 11 aromatic rings. The van der Waals surface area contributed by atoms with Gasteiger partial charge in [-0.05, 0) is 119 Å². The lowest BCUT2D eigenvalue weighted by molar-refractivity contribution is 1.28. The third-order valence-electron chi connectivity index (χ3n) is 12.3. The lowest BCUT2D eigenvalue weighted by atomic mass is 9.84. The average Bonchev–Trinajstić information content (AvgIpc) is 3.37. The van der Waals surface area contributed by atoms with E-state index in [1.54, 1.807) is 0 Å². The first-order valence-corrected chi connectivity index (χ1v) is 21.7. The molecular weight excluding hydrogens is 759 g/mol. The molecule has 0 saturated carbocycles. The molecule has 296 valence electrons. The van der Waals surface area contributed by atoms with Gasteiger partial charge >= 0.3 is 0 Å². The number of hydrogen-bond donors (Lipinski definition) is 0. The number of nitrogens with zero attached hydrogens (tertiary/aromatic N) is 1. The summed E-state index contributed by atoms with van der Waals surface area (Å²) >= 11 is 0. The fourth-order valence-electron chi connectivity index (χ4n) is 9.27. The Morgan fingerprint density at radius 1 is 0.206 bits per heavy atom. The minimum atomic E-state index is 1.08. The van der Waals surface area contributed by atoms with Gasteiger partial charge in [0, 0.05) is 16.9 Å². The average molecular weight is 802 g/mol. The quantitative estimate of drug-likeness (QED) is 0.131. The van der Waals surface area contributed by atoms with E-state index in [0.717, 1.165) is 39.3 Å². The highest BCUT2D eigenvalue weighted by atomic mass is 15.1. The second kappa shape index (κ2) is 16.7. The van der Waals surface area contributed by atoms with Crippen LogP contribution in [-0.2, 0) is 0 Å². The van der Waals surface area contributed by atoms with Crippen LogP contribution in [0.2, 0.25) is 0 Å². The van der Waals surface area contributed by atoms with Gasteiger partial charge in [0.2, 0.25) is 0 Å². The van der Waals surface area contributed by atoms with Crippen molar-refractivity contribution in [2.45, 2.75) is 0 Å². The first-order valence-electron chi connectivity index (χ1n) is 21.7. The highest BCUT2D eigenvalue weighted by Gasteiger charge is 2.20. The summed E-state index contributed by atoms with van der Waals surface area (Å²) in [4.78, 5) is 2.41. The van der Waals surface area contributed by atoms with E-state index in [9.17, 15) is 0 Å². The molecule has 0 aliphatic carbocycles. The maximum absolute atomic E-state index is 2.41. The van der Waals surface area contributed by atoms with Gasteiger partial charge in [0.1, 0.15) is 0 Å². The van der Waals surface area contributed by atoms with Crippen LogP contribution in [-0.4, -0.2) is 0 Å². The zero-order valence-corrected chi connectivity index (χ0v) is 34.8. The highest BCUT2D eigenvalue weighted by molar-refractivity contribution is 6.21. The second-order valence-corrected chi connectivity index (χ2v) is 16.0. The second-order valence-electron chi connectivity index (χ2n) is 16.0. The largest absolute Gasteiger partial charge is 0.310 e. The van der Waals surface area contributed by atoms with Gasteiger partial charge in [-0.15, -0.1) is 0 Å². The molecule has 11 rings (SSSR count). The molecule has 0 heterocycles. The lowest BCUT2D eigenvalue weighted by Gasteiger charge is -2.28. The Morgan fingerprint density at radius 2 is 0.603 bits per heavy atom. The van der Waals surface area contributed by atoms with Crippen LogP contribution in [0, 0.1) is 0 Å².